The summed E-state index contributed by atoms with van der Waals surface area (Å²) in [5, 5.41) is 6.25. The number of hydrogen-bond donors (Lipinski definition) is 0. The Morgan fingerprint density at radius 1 is 1.03 bits per heavy atom. The normalized spacial score (nSPS) is 20.7. The lowest BCUT2D eigenvalue weighted by atomic mass is 9.97. The molecule has 0 aliphatic carbocycles. The van der Waals surface area contributed by atoms with Crippen LogP contribution in [0.2, 0.25) is 5.02 Å². The van der Waals surface area contributed by atoms with Gasteiger partial charge in [-0.05, 0) is 50.2 Å². The Hall–Kier alpha value is -3.19. The molecule has 148 valence electrons. The summed E-state index contributed by atoms with van der Waals surface area (Å²) >= 11 is 5.93. The minimum absolute atomic E-state index is 0.0627. The molecular formula is C21H18ClN3O4. The van der Waals surface area contributed by atoms with Crippen LogP contribution in [0, 0.1) is 12.8 Å². The van der Waals surface area contributed by atoms with Gasteiger partial charge in [0.1, 0.15) is 12.0 Å². The van der Waals surface area contributed by atoms with E-state index in [0.717, 1.165) is 10.5 Å². The second-order valence-electron chi connectivity index (χ2n) is 6.80. The Morgan fingerprint density at radius 3 is 2.28 bits per heavy atom. The number of benzene rings is 2. The number of carbonyl (C=O) groups excluding carboxylic acids is 3. The van der Waals surface area contributed by atoms with Crippen molar-refractivity contribution >= 4 is 46.5 Å². The molecule has 29 heavy (non-hydrogen) atoms. The zero-order valence-corrected chi connectivity index (χ0v) is 16.6. The fourth-order valence-electron chi connectivity index (χ4n) is 3.54. The van der Waals surface area contributed by atoms with Gasteiger partial charge in [0.15, 0.2) is 5.71 Å². The Morgan fingerprint density at radius 2 is 1.66 bits per heavy atom. The number of esters is 1. The van der Waals surface area contributed by atoms with Gasteiger partial charge in [-0.25, -0.2) is 9.69 Å². The SMILES string of the molecule is CCOC(=O)C1=NN(c2ccc(C)cc2)C2C(=O)N(c3ccc(Cl)cc3)C(=O)C12. The maximum absolute atomic E-state index is 13.3. The average Bonchev–Trinajstić information content (AvgIpc) is 3.21. The third-order valence-corrected chi connectivity index (χ3v) is 5.17. The predicted molar refractivity (Wildman–Crippen MR) is 109 cm³/mol. The average molecular weight is 412 g/mol. The van der Waals surface area contributed by atoms with Crippen molar-refractivity contribution in [1.82, 2.24) is 0 Å². The molecule has 1 saturated heterocycles. The molecule has 2 aliphatic heterocycles. The summed E-state index contributed by atoms with van der Waals surface area (Å²) in [7, 11) is 0. The maximum atomic E-state index is 13.3. The van der Waals surface area contributed by atoms with Crippen molar-refractivity contribution < 1.29 is 19.1 Å². The molecule has 2 aliphatic rings. The number of anilines is 2. The Balaban J connectivity index is 1.78. The molecular weight excluding hydrogens is 394 g/mol. The van der Waals surface area contributed by atoms with Crippen molar-refractivity contribution in [2.24, 2.45) is 11.0 Å². The quantitative estimate of drug-likeness (QED) is 0.571. The molecule has 7 nitrogen and oxygen atoms in total. The van der Waals surface area contributed by atoms with E-state index in [2.05, 4.69) is 5.10 Å². The molecule has 2 amide bonds. The number of aryl methyl sites for hydroxylation is 1. The van der Waals surface area contributed by atoms with Crippen LogP contribution in [0.3, 0.4) is 0 Å². The largest absolute Gasteiger partial charge is 0.461 e. The van der Waals surface area contributed by atoms with E-state index in [-0.39, 0.29) is 12.3 Å². The van der Waals surface area contributed by atoms with E-state index in [1.807, 2.05) is 19.1 Å². The summed E-state index contributed by atoms with van der Waals surface area (Å²) in [4.78, 5) is 40.0. The molecule has 2 aromatic rings. The topological polar surface area (TPSA) is 79.3 Å². The molecule has 0 bridgehead atoms. The van der Waals surface area contributed by atoms with Gasteiger partial charge in [-0.2, -0.15) is 5.10 Å². The number of rotatable bonds is 4. The van der Waals surface area contributed by atoms with Crippen LogP contribution in [0.5, 0.6) is 0 Å². The highest BCUT2D eigenvalue weighted by Gasteiger charge is 2.59. The highest BCUT2D eigenvalue weighted by molar-refractivity contribution is 6.47. The standard InChI is InChI=1S/C21H18ClN3O4/c1-3-29-21(28)17-16-18(25(23-17)15-8-4-12(2)5-9-15)20(27)24(19(16)26)14-10-6-13(22)7-11-14/h4-11,16,18H,3H2,1-2H3. The molecule has 2 atom stereocenters. The fourth-order valence-corrected chi connectivity index (χ4v) is 3.67. The number of imide groups is 1. The molecule has 2 unspecified atom stereocenters. The van der Waals surface area contributed by atoms with Crippen LogP contribution < -0.4 is 9.91 Å². The van der Waals surface area contributed by atoms with E-state index in [4.69, 9.17) is 16.3 Å². The van der Waals surface area contributed by atoms with Gasteiger partial charge < -0.3 is 4.74 Å². The van der Waals surface area contributed by atoms with Gasteiger partial charge in [-0.3, -0.25) is 14.6 Å². The van der Waals surface area contributed by atoms with Crippen molar-refractivity contribution in [3.63, 3.8) is 0 Å². The van der Waals surface area contributed by atoms with Crippen LogP contribution in [0.4, 0.5) is 11.4 Å². The third kappa shape index (κ3) is 3.17. The lowest BCUT2D eigenvalue weighted by molar-refractivity contribution is -0.136. The van der Waals surface area contributed by atoms with Crippen LogP contribution >= 0.6 is 11.6 Å². The van der Waals surface area contributed by atoms with Gasteiger partial charge in [0, 0.05) is 5.02 Å². The van der Waals surface area contributed by atoms with Crippen molar-refractivity contribution in [1.29, 1.82) is 0 Å². The van der Waals surface area contributed by atoms with E-state index >= 15 is 0 Å². The van der Waals surface area contributed by atoms with Crippen LogP contribution in [-0.2, 0) is 19.1 Å². The minimum Gasteiger partial charge on any atom is -0.461 e. The number of fused-ring (bicyclic) bond motifs is 1. The van der Waals surface area contributed by atoms with Gasteiger partial charge in [0.05, 0.1) is 18.0 Å². The highest BCUT2D eigenvalue weighted by Crippen LogP contribution is 2.38. The Kier molecular flexibility index (Phi) is 4.84. The van der Waals surface area contributed by atoms with E-state index in [0.29, 0.717) is 16.4 Å². The molecule has 8 heteroatoms. The highest BCUT2D eigenvalue weighted by atomic mass is 35.5. The van der Waals surface area contributed by atoms with Gasteiger partial charge in [-0.1, -0.05) is 29.3 Å². The molecule has 0 aromatic heterocycles. The molecule has 0 spiro atoms. The van der Waals surface area contributed by atoms with Crippen LogP contribution in [0.1, 0.15) is 12.5 Å². The van der Waals surface area contributed by atoms with Crippen molar-refractivity contribution in [3.8, 4) is 0 Å². The van der Waals surface area contributed by atoms with E-state index < -0.39 is 29.7 Å². The number of ether oxygens (including phenoxy) is 1. The number of nitrogens with zero attached hydrogens (tertiary/aromatic N) is 3. The molecule has 4 rings (SSSR count). The minimum atomic E-state index is -1.03. The lowest BCUT2D eigenvalue weighted by Gasteiger charge is -2.22. The molecule has 2 heterocycles. The van der Waals surface area contributed by atoms with Crippen molar-refractivity contribution in [2.45, 2.75) is 19.9 Å². The summed E-state index contributed by atoms with van der Waals surface area (Å²) < 4.78 is 5.08. The molecule has 1 fully saturated rings. The van der Waals surface area contributed by atoms with E-state index in [1.54, 1.807) is 43.3 Å². The van der Waals surface area contributed by atoms with Gasteiger partial charge in [-0.15, -0.1) is 0 Å². The summed E-state index contributed by atoms with van der Waals surface area (Å²) in [6.45, 7) is 3.75. The van der Waals surface area contributed by atoms with Gasteiger partial charge >= 0.3 is 5.97 Å². The summed E-state index contributed by atoms with van der Waals surface area (Å²) in [5.74, 6) is -2.69. The van der Waals surface area contributed by atoms with Crippen LogP contribution in [-0.4, -0.2) is 36.1 Å². The second kappa shape index (κ2) is 7.33. The summed E-state index contributed by atoms with van der Waals surface area (Å²) in [6, 6.07) is 12.8. The summed E-state index contributed by atoms with van der Waals surface area (Å²) in [5.41, 5.74) is 1.98. The Bertz CT molecular complexity index is 1020. The number of carbonyl (C=O) groups is 3. The van der Waals surface area contributed by atoms with Crippen molar-refractivity contribution in [3.05, 3.63) is 59.1 Å². The Labute approximate surface area is 172 Å². The smallest absolute Gasteiger partial charge is 0.355 e. The number of halogens is 1. The first-order valence-electron chi connectivity index (χ1n) is 9.17. The fraction of sp³-hybridized carbons (Fsp3) is 0.238. The number of hydrogen-bond acceptors (Lipinski definition) is 6. The second-order valence-corrected chi connectivity index (χ2v) is 7.23. The first kappa shape index (κ1) is 19.1. The van der Waals surface area contributed by atoms with Gasteiger partial charge in [0.25, 0.3) is 5.91 Å². The van der Waals surface area contributed by atoms with Gasteiger partial charge in [0.2, 0.25) is 5.91 Å². The molecule has 0 N–H and O–H groups in total. The number of amides is 2. The van der Waals surface area contributed by atoms with E-state index in [1.165, 1.54) is 5.01 Å². The molecule has 0 saturated carbocycles. The molecule has 0 radical (unpaired) electrons. The van der Waals surface area contributed by atoms with Crippen LogP contribution in [0.15, 0.2) is 53.6 Å². The lowest BCUT2D eigenvalue weighted by Crippen LogP contribution is -2.39. The zero-order chi connectivity index (χ0) is 20.7. The van der Waals surface area contributed by atoms with Crippen LogP contribution in [0.25, 0.3) is 0 Å². The third-order valence-electron chi connectivity index (χ3n) is 4.92. The zero-order valence-electron chi connectivity index (χ0n) is 15.8. The molecule has 2 aromatic carbocycles. The maximum Gasteiger partial charge on any atom is 0.355 e. The van der Waals surface area contributed by atoms with Crippen molar-refractivity contribution in [2.75, 3.05) is 16.5 Å². The first-order chi connectivity index (χ1) is 13.9. The first-order valence-corrected chi connectivity index (χ1v) is 9.55. The van der Waals surface area contributed by atoms with E-state index in [9.17, 15) is 14.4 Å². The monoisotopic (exact) mass is 411 g/mol. The summed E-state index contributed by atoms with van der Waals surface area (Å²) in [6.07, 6.45) is 0. The predicted octanol–water partition coefficient (Wildman–Crippen LogP) is 2.95. The number of hydrazone groups is 1.